The van der Waals surface area contributed by atoms with Crippen LogP contribution in [0.25, 0.3) is 10.9 Å². The van der Waals surface area contributed by atoms with Crippen LogP contribution in [0, 0.1) is 0 Å². The SMILES string of the molecule is O=C(Cn1ccc2c(C(=O)O)cccc21)NC1CC1. The van der Waals surface area contributed by atoms with Crippen molar-refractivity contribution in [3.05, 3.63) is 36.0 Å². The molecule has 3 rings (SSSR count). The van der Waals surface area contributed by atoms with Crippen molar-refractivity contribution >= 4 is 22.8 Å². The van der Waals surface area contributed by atoms with E-state index >= 15 is 0 Å². The highest BCUT2D eigenvalue weighted by Crippen LogP contribution is 2.21. The van der Waals surface area contributed by atoms with E-state index < -0.39 is 5.97 Å². The van der Waals surface area contributed by atoms with Gasteiger partial charge in [-0.25, -0.2) is 4.79 Å². The van der Waals surface area contributed by atoms with Crippen molar-refractivity contribution in [2.24, 2.45) is 0 Å². The van der Waals surface area contributed by atoms with E-state index in [-0.39, 0.29) is 18.0 Å². The fourth-order valence-electron chi connectivity index (χ4n) is 2.20. The zero-order valence-electron chi connectivity index (χ0n) is 10.3. The Hall–Kier alpha value is -2.30. The summed E-state index contributed by atoms with van der Waals surface area (Å²) in [7, 11) is 0. The number of rotatable bonds is 4. The highest BCUT2D eigenvalue weighted by atomic mass is 16.4. The van der Waals surface area contributed by atoms with E-state index in [2.05, 4.69) is 5.32 Å². The number of carbonyl (C=O) groups excluding carboxylic acids is 1. The number of hydrogen-bond donors (Lipinski definition) is 2. The molecule has 1 amide bonds. The lowest BCUT2D eigenvalue weighted by molar-refractivity contribution is -0.121. The molecule has 5 heteroatoms. The minimum Gasteiger partial charge on any atom is -0.478 e. The largest absolute Gasteiger partial charge is 0.478 e. The number of carbonyl (C=O) groups is 2. The van der Waals surface area contributed by atoms with E-state index in [9.17, 15) is 9.59 Å². The third-order valence-corrected chi connectivity index (χ3v) is 3.30. The van der Waals surface area contributed by atoms with E-state index in [4.69, 9.17) is 5.11 Å². The van der Waals surface area contributed by atoms with Gasteiger partial charge in [0.15, 0.2) is 0 Å². The number of carboxylic acids is 1. The molecule has 1 saturated carbocycles. The first-order valence-electron chi connectivity index (χ1n) is 6.25. The van der Waals surface area contributed by atoms with Crippen LogP contribution in [0.1, 0.15) is 23.2 Å². The molecule has 0 unspecified atom stereocenters. The summed E-state index contributed by atoms with van der Waals surface area (Å²) in [6.45, 7) is 0.225. The maximum Gasteiger partial charge on any atom is 0.336 e. The molecule has 98 valence electrons. The topological polar surface area (TPSA) is 71.3 Å². The Bertz CT molecular complexity index is 656. The van der Waals surface area contributed by atoms with Crippen LogP contribution in [-0.2, 0) is 11.3 Å². The van der Waals surface area contributed by atoms with Gasteiger partial charge in [-0.15, -0.1) is 0 Å². The summed E-state index contributed by atoms with van der Waals surface area (Å²) in [6, 6.07) is 7.17. The Labute approximate surface area is 109 Å². The van der Waals surface area contributed by atoms with Gasteiger partial charge < -0.3 is 15.0 Å². The predicted molar refractivity (Wildman–Crippen MR) is 70.1 cm³/mol. The highest BCUT2D eigenvalue weighted by molar-refractivity contribution is 6.03. The van der Waals surface area contributed by atoms with E-state index in [1.165, 1.54) is 0 Å². The average molecular weight is 258 g/mol. The molecular formula is C14H14N2O3. The van der Waals surface area contributed by atoms with Crippen LogP contribution in [0.4, 0.5) is 0 Å². The Kier molecular flexibility index (Phi) is 2.74. The van der Waals surface area contributed by atoms with Crippen LogP contribution >= 0.6 is 0 Å². The van der Waals surface area contributed by atoms with E-state index in [0.717, 1.165) is 18.4 Å². The molecule has 1 aromatic carbocycles. The van der Waals surface area contributed by atoms with Crippen molar-refractivity contribution in [1.82, 2.24) is 9.88 Å². The summed E-state index contributed by atoms with van der Waals surface area (Å²) in [5.74, 6) is -0.980. The quantitative estimate of drug-likeness (QED) is 0.875. The molecule has 5 nitrogen and oxygen atoms in total. The summed E-state index contributed by atoms with van der Waals surface area (Å²) in [6.07, 6.45) is 3.87. The van der Waals surface area contributed by atoms with Crippen molar-refractivity contribution in [3.63, 3.8) is 0 Å². The number of aromatic carboxylic acids is 1. The monoisotopic (exact) mass is 258 g/mol. The van der Waals surface area contributed by atoms with Gasteiger partial charge in [-0.2, -0.15) is 0 Å². The van der Waals surface area contributed by atoms with Crippen molar-refractivity contribution in [2.45, 2.75) is 25.4 Å². The van der Waals surface area contributed by atoms with Gasteiger partial charge in [-0.3, -0.25) is 4.79 Å². The number of nitrogens with zero attached hydrogens (tertiary/aromatic N) is 1. The highest BCUT2D eigenvalue weighted by Gasteiger charge is 2.23. The number of aromatic nitrogens is 1. The smallest absolute Gasteiger partial charge is 0.336 e. The molecule has 0 aliphatic heterocycles. The van der Waals surface area contributed by atoms with Gasteiger partial charge in [0.2, 0.25) is 5.91 Å². The van der Waals surface area contributed by atoms with Gasteiger partial charge in [0.25, 0.3) is 0 Å². The molecule has 1 aliphatic rings. The summed E-state index contributed by atoms with van der Waals surface area (Å²) in [5.41, 5.74) is 1.03. The third kappa shape index (κ3) is 2.31. The van der Waals surface area contributed by atoms with Crippen molar-refractivity contribution in [1.29, 1.82) is 0 Å². The van der Waals surface area contributed by atoms with Gasteiger partial charge in [0.1, 0.15) is 6.54 Å². The summed E-state index contributed by atoms with van der Waals surface area (Å²) in [4.78, 5) is 22.9. The molecule has 0 spiro atoms. The van der Waals surface area contributed by atoms with E-state index in [1.54, 1.807) is 29.0 Å². The molecule has 19 heavy (non-hydrogen) atoms. The number of nitrogens with one attached hydrogen (secondary N) is 1. The lowest BCUT2D eigenvalue weighted by atomic mass is 10.1. The second-order valence-corrected chi connectivity index (χ2v) is 4.83. The number of benzene rings is 1. The van der Waals surface area contributed by atoms with Crippen molar-refractivity contribution in [2.75, 3.05) is 0 Å². The van der Waals surface area contributed by atoms with Crippen molar-refractivity contribution in [3.8, 4) is 0 Å². The summed E-state index contributed by atoms with van der Waals surface area (Å²) >= 11 is 0. The van der Waals surface area contributed by atoms with Crippen LogP contribution in [0.2, 0.25) is 0 Å². The standard InChI is InChI=1S/C14H14N2O3/c17-13(15-9-4-5-9)8-16-7-6-10-11(14(18)19)2-1-3-12(10)16/h1-3,6-7,9H,4-5,8H2,(H,15,17)(H,18,19). The lowest BCUT2D eigenvalue weighted by Crippen LogP contribution is -2.29. The predicted octanol–water partition coefficient (Wildman–Crippen LogP) is 1.62. The van der Waals surface area contributed by atoms with Gasteiger partial charge in [0, 0.05) is 23.1 Å². The van der Waals surface area contributed by atoms with Crippen LogP contribution in [0.3, 0.4) is 0 Å². The van der Waals surface area contributed by atoms with E-state index in [1.807, 2.05) is 6.07 Å². The van der Waals surface area contributed by atoms with E-state index in [0.29, 0.717) is 11.4 Å². The van der Waals surface area contributed by atoms with Gasteiger partial charge in [0.05, 0.1) is 5.56 Å². The molecule has 0 atom stereocenters. The first kappa shape index (κ1) is 11.8. The second kappa shape index (κ2) is 4.42. The number of carboxylic acid groups (broad SMARTS) is 1. The number of fused-ring (bicyclic) bond motifs is 1. The molecular weight excluding hydrogens is 244 g/mol. The minimum atomic E-state index is -0.953. The van der Waals surface area contributed by atoms with Crippen LogP contribution in [-0.4, -0.2) is 27.6 Å². The first-order valence-corrected chi connectivity index (χ1v) is 6.25. The molecule has 0 saturated heterocycles. The average Bonchev–Trinajstić information content (AvgIpc) is 3.09. The molecule has 0 bridgehead atoms. The Balaban J connectivity index is 1.89. The second-order valence-electron chi connectivity index (χ2n) is 4.83. The molecule has 1 heterocycles. The maximum absolute atomic E-state index is 11.8. The van der Waals surface area contributed by atoms with Crippen molar-refractivity contribution < 1.29 is 14.7 Å². The minimum absolute atomic E-state index is 0.0271. The van der Waals surface area contributed by atoms with Crippen LogP contribution < -0.4 is 5.32 Å². The third-order valence-electron chi connectivity index (χ3n) is 3.30. The Morgan fingerprint density at radius 3 is 2.79 bits per heavy atom. The van der Waals surface area contributed by atoms with Crippen LogP contribution in [0.15, 0.2) is 30.5 Å². The molecule has 1 aliphatic carbocycles. The summed E-state index contributed by atoms with van der Waals surface area (Å²) < 4.78 is 1.78. The van der Waals surface area contributed by atoms with Gasteiger partial charge in [-0.1, -0.05) is 6.07 Å². The Morgan fingerprint density at radius 1 is 1.32 bits per heavy atom. The van der Waals surface area contributed by atoms with Crippen LogP contribution in [0.5, 0.6) is 0 Å². The number of hydrogen-bond acceptors (Lipinski definition) is 2. The first-order chi connectivity index (χ1) is 9.15. The fraction of sp³-hybridized carbons (Fsp3) is 0.286. The van der Waals surface area contributed by atoms with Gasteiger partial charge >= 0.3 is 5.97 Å². The molecule has 1 fully saturated rings. The Morgan fingerprint density at radius 2 is 2.11 bits per heavy atom. The normalized spacial score (nSPS) is 14.5. The lowest BCUT2D eigenvalue weighted by Gasteiger charge is -2.06. The maximum atomic E-state index is 11.8. The summed E-state index contributed by atoms with van der Waals surface area (Å²) in [5, 5.41) is 12.7. The molecule has 1 aromatic heterocycles. The number of amides is 1. The van der Waals surface area contributed by atoms with Gasteiger partial charge in [-0.05, 0) is 31.0 Å². The molecule has 0 radical (unpaired) electrons. The zero-order chi connectivity index (χ0) is 13.4. The fourth-order valence-corrected chi connectivity index (χ4v) is 2.20. The molecule has 2 N–H and O–H groups in total. The zero-order valence-corrected chi connectivity index (χ0v) is 10.3. The molecule has 2 aromatic rings.